The van der Waals surface area contributed by atoms with Gasteiger partial charge in [0.1, 0.15) is 0 Å². The zero-order chi connectivity index (χ0) is 23.7. The van der Waals surface area contributed by atoms with Crippen LogP contribution in [0.2, 0.25) is 0 Å². The van der Waals surface area contributed by atoms with Crippen LogP contribution in [0, 0.1) is 6.92 Å². The molecule has 0 aromatic heterocycles. The smallest absolute Gasteiger partial charge is 0.0711 e. The van der Waals surface area contributed by atoms with Crippen LogP contribution in [0.15, 0.2) is 36.4 Å². The topological polar surface area (TPSA) is 24.1 Å². The summed E-state index contributed by atoms with van der Waals surface area (Å²) in [6, 6.07) is 12.2. The van der Waals surface area contributed by atoms with Gasteiger partial charge in [-0.15, -0.1) is 4.48 Å². The lowest BCUT2D eigenvalue weighted by Gasteiger charge is -2.21. The maximum Gasteiger partial charge on any atom is 0.0711 e. The Kier molecular flexibility index (Phi) is 13.7. The fourth-order valence-corrected chi connectivity index (χ4v) is 4.76. The van der Waals surface area contributed by atoms with E-state index in [0.29, 0.717) is 5.69 Å². The van der Waals surface area contributed by atoms with Gasteiger partial charge in [-0.3, -0.25) is 0 Å². The molecule has 0 unspecified atom stereocenters. The molecule has 2 aromatic rings. The van der Waals surface area contributed by atoms with Crippen molar-refractivity contribution in [1.82, 2.24) is 0 Å². The highest BCUT2D eigenvalue weighted by atomic mass is 19.2. The van der Waals surface area contributed by atoms with Gasteiger partial charge in [-0.25, -0.2) is 5.54 Å². The van der Waals surface area contributed by atoms with Crippen LogP contribution in [-0.2, 0) is 12.8 Å². The number of nitrogens with one attached hydrogen (secondary N) is 2. The number of aryl methyl sites for hydroxylation is 1. The summed E-state index contributed by atoms with van der Waals surface area (Å²) in [4.78, 5) is 0. The molecular weight excluding hydrogens is 407 g/mol. The molecule has 0 aliphatic rings. The molecule has 33 heavy (non-hydrogen) atoms. The third kappa shape index (κ3) is 9.78. The van der Waals surface area contributed by atoms with Crippen LogP contribution in [0.1, 0.15) is 114 Å². The molecule has 0 bridgehead atoms. The summed E-state index contributed by atoms with van der Waals surface area (Å²) in [7, 11) is 0. The van der Waals surface area contributed by atoms with Crippen LogP contribution in [0.25, 0.3) is 0 Å². The summed E-state index contributed by atoms with van der Waals surface area (Å²) in [6.07, 6.45) is 19.2. The third-order valence-corrected chi connectivity index (χ3v) is 6.86. The maximum absolute atomic E-state index is 13.7. The number of para-hydroxylation sites is 1. The highest BCUT2D eigenvalue weighted by molar-refractivity contribution is 5.75. The predicted molar refractivity (Wildman–Crippen MR) is 144 cm³/mol. The van der Waals surface area contributed by atoms with Crippen LogP contribution in [0.3, 0.4) is 0 Å². The Morgan fingerprint density at radius 3 is 1.79 bits per heavy atom. The van der Waals surface area contributed by atoms with Crippen LogP contribution >= 0.6 is 0 Å². The SMILES string of the molecule is CCCCCCCCCCCCCCCc1c(NF)cc(CC)c(C)c1Nc1ccccc1. The first kappa shape index (κ1) is 27.2. The minimum Gasteiger partial charge on any atom is -0.355 e. The van der Waals surface area contributed by atoms with Crippen molar-refractivity contribution in [3.63, 3.8) is 0 Å². The number of hydrogen-bond acceptors (Lipinski definition) is 2. The van der Waals surface area contributed by atoms with Gasteiger partial charge in [0.2, 0.25) is 0 Å². The number of anilines is 3. The van der Waals surface area contributed by atoms with Gasteiger partial charge in [0.05, 0.1) is 5.69 Å². The Bertz CT molecular complexity index is 773. The zero-order valence-electron chi connectivity index (χ0n) is 21.4. The Morgan fingerprint density at radius 1 is 0.727 bits per heavy atom. The molecule has 0 fully saturated rings. The normalized spacial score (nSPS) is 11.0. The molecule has 0 amide bonds. The second-order valence-corrected chi connectivity index (χ2v) is 9.49. The fraction of sp³-hybridized carbons (Fsp3) is 0.600. The summed E-state index contributed by atoms with van der Waals surface area (Å²) in [6.45, 7) is 6.56. The molecule has 0 saturated heterocycles. The van der Waals surface area contributed by atoms with Gasteiger partial charge in [-0.2, -0.15) is 0 Å². The molecule has 0 aliphatic carbocycles. The van der Waals surface area contributed by atoms with Crippen LogP contribution in [-0.4, -0.2) is 0 Å². The van der Waals surface area contributed by atoms with Gasteiger partial charge >= 0.3 is 0 Å². The van der Waals surface area contributed by atoms with E-state index in [1.165, 1.54) is 88.2 Å². The summed E-state index contributed by atoms with van der Waals surface area (Å²) in [5.74, 6) is 0. The standard InChI is InChI=1S/C30H47FN2/c1-4-6-7-8-9-10-11-12-13-14-15-16-20-23-28-29(33-31)24-26(5-2)25(3)30(28)32-27-21-18-17-19-22-27/h17-19,21-22,24,32-33H,4-16,20,23H2,1-3H3. The van der Waals surface area contributed by atoms with Gasteiger partial charge in [0.15, 0.2) is 0 Å². The molecule has 0 aliphatic heterocycles. The summed E-state index contributed by atoms with van der Waals surface area (Å²) in [5.41, 5.74) is 8.19. The van der Waals surface area contributed by atoms with Crippen molar-refractivity contribution in [1.29, 1.82) is 0 Å². The van der Waals surface area contributed by atoms with Crippen LogP contribution in [0.5, 0.6) is 0 Å². The van der Waals surface area contributed by atoms with Crippen molar-refractivity contribution < 1.29 is 4.48 Å². The number of hydrogen-bond donors (Lipinski definition) is 2. The molecule has 2 aromatic carbocycles. The van der Waals surface area contributed by atoms with Crippen molar-refractivity contribution in [3.8, 4) is 0 Å². The van der Waals surface area contributed by atoms with E-state index in [-0.39, 0.29) is 0 Å². The first-order valence-corrected chi connectivity index (χ1v) is 13.5. The molecule has 2 nitrogen and oxygen atoms in total. The summed E-state index contributed by atoms with van der Waals surface area (Å²) in [5, 5.41) is 3.58. The average molecular weight is 455 g/mol. The molecule has 0 spiro atoms. The number of rotatable bonds is 18. The Labute approximate surface area is 202 Å². The molecule has 3 heteroatoms. The van der Waals surface area contributed by atoms with E-state index in [1.807, 2.05) is 29.8 Å². The van der Waals surface area contributed by atoms with Gasteiger partial charge < -0.3 is 5.32 Å². The molecule has 2 N–H and O–H groups in total. The molecule has 0 radical (unpaired) electrons. The zero-order valence-corrected chi connectivity index (χ0v) is 21.4. The molecular formula is C30H47FN2. The number of benzene rings is 2. The van der Waals surface area contributed by atoms with Crippen LogP contribution < -0.4 is 10.9 Å². The third-order valence-electron chi connectivity index (χ3n) is 6.86. The van der Waals surface area contributed by atoms with E-state index in [1.54, 1.807) is 0 Å². The molecule has 0 heterocycles. The van der Waals surface area contributed by atoms with E-state index in [9.17, 15) is 4.48 Å². The lowest BCUT2D eigenvalue weighted by molar-refractivity contribution is 0.539. The van der Waals surface area contributed by atoms with E-state index in [2.05, 4.69) is 38.2 Å². The summed E-state index contributed by atoms with van der Waals surface area (Å²) >= 11 is 0. The minimum absolute atomic E-state index is 0.620. The van der Waals surface area contributed by atoms with Gasteiger partial charge in [-0.1, -0.05) is 109 Å². The van der Waals surface area contributed by atoms with Crippen molar-refractivity contribution in [2.75, 3.05) is 10.9 Å². The average Bonchev–Trinajstić information content (AvgIpc) is 2.84. The quantitative estimate of drug-likeness (QED) is 0.173. The van der Waals surface area contributed by atoms with E-state index in [0.717, 1.165) is 36.2 Å². The Morgan fingerprint density at radius 2 is 1.27 bits per heavy atom. The minimum atomic E-state index is 0.620. The van der Waals surface area contributed by atoms with Gasteiger partial charge in [0, 0.05) is 16.9 Å². The summed E-state index contributed by atoms with van der Waals surface area (Å²) < 4.78 is 13.7. The predicted octanol–water partition coefficient (Wildman–Crippen LogP) is 10.2. The second kappa shape index (κ2) is 16.6. The monoisotopic (exact) mass is 454 g/mol. The highest BCUT2D eigenvalue weighted by Crippen LogP contribution is 2.35. The Balaban J connectivity index is 1.79. The van der Waals surface area contributed by atoms with Gasteiger partial charge in [0.25, 0.3) is 0 Å². The van der Waals surface area contributed by atoms with Crippen LogP contribution in [0.4, 0.5) is 21.5 Å². The maximum atomic E-state index is 13.7. The van der Waals surface area contributed by atoms with E-state index < -0.39 is 0 Å². The molecule has 0 saturated carbocycles. The van der Waals surface area contributed by atoms with Crippen molar-refractivity contribution >= 4 is 17.1 Å². The lowest BCUT2D eigenvalue weighted by Crippen LogP contribution is -2.05. The highest BCUT2D eigenvalue weighted by Gasteiger charge is 2.15. The number of halogens is 1. The largest absolute Gasteiger partial charge is 0.355 e. The van der Waals surface area contributed by atoms with E-state index in [4.69, 9.17) is 0 Å². The molecule has 0 atom stereocenters. The van der Waals surface area contributed by atoms with Crippen molar-refractivity contribution in [3.05, 3.63) is 53.1 Å². The lowest BCUT2D eigenvalue weighted by atomic mass is 9.94. The first-order valence-electron chi connectivity index (χ1n) is 13.5. The first-order chi connectivity index (χ1) is 16.2. The van der Waals surface area contributed by atoms with Crippen molar-refractivity contribution in [2.24, 2.45) is 0 Å². The Hall–Kier alpha value is -2.03. The fourth-order valence-electron chi connectivity index (χ4n) is 4.76. The van der Waals surface area contributed by atoms with Crippen molar-refractivity contribution in [2.45, 2.75) is 117 Å². The molecule has 2 rings (SSSR count). The molecule has 184 valence electrons. The van der Waals surface area contributed by atoms with Gasteiger partial charge in [-0.05, 0) is 55.5 Å². The van der Waals surface area contributed by atoms with E-state index >= 15 is 0 Å². The second-order valence-electron chi connectivity index (χ2n) is 9.49. The number of unbranched alkanes of at least 4 members (excludes halogenated alkanes) is 12.